The Balaban J connectivity index is 1.49. The molecule has 0 spiro atoms. The number of tetrazole rings is 1. The monoisotopic (exact) mass is 335 g/mol. The second kappa shape index (κ2) is 6.86. The second-order valence-electron chi connectivity index (χ2n) is 5.24. The first-order valence-corrected chi connectivity index (χ1v) is 8.33. The first kappa shape index (κ1) is 15.6. The SMILES string of the molecule is CC(C)n1nnnc1CSCC(=O)Nc1ccc2c(c1)OCO2. The van der Waals surface area contributed by atoms with Crippen molar-refractivity contribution in [2.45, 2.75) is 25.6 Å². The number of anilines is 1. The van der Waals surface area contributed by atoms with Crippen molar-refractivity contribution in [2.24, 2.45) is 0 Å². The van der Waals surface area contributed by atoms with Gasteiger partial charge in [0.1, 0.15) is 0 Å². The summed E-state index contributed by atoms with van der Waals surface area (Å²) in [6.07, 6.45) is 0. The number of rotatable bonds is 6. The molecule has 122 valence electrons. The number of carbonyl (C=O) groups excluding carboxylic acids is 1. The molecule has 0 saturated carbocycles. The van der Waals surface area contributed by atoms with Gasteiger partial charge in [-0.25, -0.2) is 4.68 Å². The summed E-state index contributed by atoms with van der Waals surface area (Å²) in [7, 11) is 0. The van der Waals surface area contributed by atoms with Crippen molar-refractivity contribution in [1.29, 1.82) is 0 Å². The van der Waals surface area contributed by atoms with Crippen molar-refractivity contribution >= 4 is 23.4 Å². The van der Waals surface area contributed by atoms with Gasteiger partial charge in [-0.15, -0.1) is 16.9 Å². The molecule has 8 nitrogen and oxygen atoms in total. The van der Waals surface area contributed by atoms with Crippen LogP contribution in [0.2, 0.25) is 0 Å². The average molecular weight is 335 g/mol. The van der Waals surface area contributed by atoms with Gasteiger partial charge < -0.3 is 14.8 Å². The van der Waals surface area contributed by atoms with Crippen molar-refractivity contribution in [3.05, 3.63) is 24.0 Å². The number of benzene rings is 1. The van der Waals surface area contributed by atoms with Crippen LogP contribution in [0.4, 0.5) is 5.69 Å². The largest absolute Gasteiger partial charge is 0.454 e. The third-order valence-electron chi connectivity index (χ3n) is 3.17. The van der Waals surface area contributed by atoms with Crippen molar-refractivity contribution in [3.8, 4) is 11.5 Å². The Kier molecular flexibility index (Phi) is 4.65. The van der Waals surface area contributed by atoms with E-state index in [0.717, 1.165) is 5.82 Å². The fourth-order valence-corrected chi connectivity index (χ4v) is 2.85. The molecule has 23 heavy (non-hydrogen) atoms. The van der Waals surface area contributed by atoms with E-state index in [4.69, 9.17) is 9.47 Å². The van der Waals surface area contributed by atoms with Crippen molar-refractivity contribution < 1.29 is 14.3 Å². The quantitative estimate of drug-likeness (QED) is 0.861. The average Bonchev–Trinajstić information content (AvgIpc) is 3.15. The lowest BCUT2D eigenvalue weighted by Crippen LogP contribution is -2.14. The zero-order valence-corrected chi connectivity index (χ0v) is 13.7. The molecule has 0 bridgehead atoms. The molecule has 0 saturated heterocycles. The van der Waals surface area contributed by atoms with E-state index in [-0.39, 0.29) is 18.7 Å². The maximum atomic E-state index is 12.0. The van der Waals surface area contributed by atoms with Gasteiger partial charge >= 0.3 is 0 Å². The van der Waals surface area contributed by atoms with Gasteiger partial charge in [-0.05, 0) is 36.4 Å². The minimum atomic E-state index is -0.0857. The standard InChI is InChI=1S/C14H17N5O3S/c1-9(2)19-13(16-17-18-19)6-23-7-14(20)15-10-3-4-11-12(5-10)22-8-21-11/h3-5,9H,6-8H2,1-2H3,(H,15,20). The molecule has 2 heterocycles. The minimum Gasteiger partial charge on any atom is -0.454 e. The molecule has 0 aliphatic carbocycles. The van der Waals surface area contributed by atoms with Gasteiger partial charge in [0.2, 0.25) is 12.7 Å². The summed E-state index contributed by atoms with van der Waals surface area (Å²) < 4.78 is 12.3. The number of aromatic nitrogens is 4. The van der Waals surface area contributed by atoms with Crippen molar-refractivity contribution in [1.82, 2.24) is 20.2 Å². The van der Waals surface area contributed by atoms with E-state index in [1.165, 1.54) is 11.8 Å². The van der Waals surface area contributed by atoms with Crippen LogP contribution in [0.3, 0.4) is 0 Å². The number of amides is 1. The normalized spacial score (nSPS) is 12.7. The Morgan fingerprint density at radius 1 is 1.39 bits per heavy atom. The van der Waals surface area contributed by atoms with Crippen LogP contribution >= 0.6 is 11.8 Å². The molecule has 0 fully saturated rings. The van der Waals surface area contributed by atoms with Gasteiger partial charge in [-0.3, -0.25) is 4.79 Å². The predicted molar refractivity (Wildman–Crippen MR) is 85.6 cm³/mol. The van der Waals surface area contributed by atoms with Crippen LogP contribution in [-0.2, 0) is 10.5 Å². The van der Waals surface area contributed by atoms with Gasteiger partial charge in [0.15, 0.2) is 17.3 Å². The maximum absolute atomic E-state index is 12.0. The lowest BCUT2D eigenvalue weighted by molar-refractivity contribution is -0.113. The smallest absolute Gasteiger partial charge is 0.234 e. The lowest BCUT2D eigenvalue weighted by atomic mass is 10.3. The van der Waals surface area contributed by atoms with E-state index in [1.54, 1.807) is 22.9 Å². The summed E-state index contributed by atoms with van der Waals surface area (Å²) >= 11 is 1.46. The molecule has 0 radical (unpaired) electrons. The molecule has 1 aliphatic heterocycles. The molecular weight excluding hydrogens is 318 g/mol. The first-order chi connectivity index (χ1) is 11.1. The molecule has 1 N–H and O–H groups in total. The Hall–Kier alpha value is -2.29. The maximum Gasteiger partial charge on any atom is 0.234 e. The summed E-state index contributed by atoms with van der Waals surface area (Å²) in [5, 5.41) is 14.4. The Labute approximate surface area is 137 Å². The van der Waals surface area contributed by atoms with Gasteiger partial charge in [-0.1, -0.05) is 0 Å². The number of nitrogens with zero attached hydrogens (tertiary/aromatic N) is 4. The highest BCUT2D eigenvalue weighted by atomic mass is 32.2. The van der Waals surface area contributed by atoms with Crippen LogP contribution in [-0.4, -0.2) is 38.7 Å². The van der Waals surface area contributed by atoms with Gasteiger partial charge in [0.05, 0.1) is 17.5 Å². The third-order valence-corrected chi connectivity index (χ3v) is 4.10. The molecule has 3 rings (SSSR count). The zero-order chi connectivity index (χ0) is 16.2. The first-order valence-electron chi connectivity index (χ1n) is 7.17. The number of ether oxygens (including phenoxy) is 2. The lowest BCUT2D eigenvalue weighted by Gasteiger charge is -2.08. The summed E-state index contributed by atoms with van der Waals surface area (Å²) in [4.78, 5) is 12.0. The van der Waals surface area contributed by atoms with Gasteiger partial charge in [-0.2, -0.15) is 0 Å². The number of nitrogens with one attached hydrogen (secondary N) is 1. The molecule has 1 aromatic carbocycles. The summed E-state index contributed by atoms with van der Waals surface area (Å²) in [6.45, 7) is 4.24. The van der Waals surface area contributed by atoms with Gasteiger partial charge in [0, 0.05) is 11.8 Å². The third kappa shape index (κ3) is 3.73. The molecule has 2 aromatic rings. The van der Waals surface area contributed by atoms with Crippen molar-refractivity contribution in [2.75, 3.05) is 17.9 Å². The van der Waals surface area contributed by atoms with Crippen LogP contribution in [0.15, 0.2) is 18.2 Å². The Bertz CT molecular complexity index is 703. The highest BCUT2D eigenvalue weighted by Gasteiger charge is 2.14. The van der Waals surface area contributed by atoms with Crippen LogP contribution < -0.4 is 14.8 Å². The topological polar surface area (TPSA) is 91.2 Å². The van der Waals surface area contributed by atoms with E-state index < -0.39 is 0 Å². The second-order valence-corrected chi connectivity index (χ2v) is 6.23. The van der Waals surface area contributed by atoms with Crippen molar-refractivity contribution in [3.63, 3.8) is 0 Å². The molecule has 1 aromatic heterocycles. The predicted octanol–water partition coefficient (Wildman–Crippen LogP) is 1.85. The highest BCUT2D eigenvalue weighted by Crippen LogP contribution is 2.34. The number of hydrogen-bond acceptors (Lipinski definition) is 7. The number of hydrogen-bond donors (Lipinski definition) is 1. The Morgan fingerprint density at radius 2 is 2.22 bits per heavy atom. The van der Waals surface area contributed by atoms with Crippen LogP contribution in [0.5, 0.6) is 11.5 Å². The highest BCUT2D eigenvalue weighted by molar-refractivity contribution is 7.99. The van der Waals surface area contributed by atoms with E-state index in [0.29, 0.717) is 28.7 Å². The number of carbonyl (C=O) groups is 1. The van der Waals surface area contributed by atoms with Crippen LogP contribution in [0.25, 0.3) is 0 Å². The van der Waals surface area contributed by atoms with E-state index in [2.05, 4.69) is 20.8 Å². The fourth-order valence-electron chi connectivity index (χ4n) is 2.11. The van der Waals surface area contributed by atoms with Gasteiger partial charge in [0.25, 0.3) is 0 Å². The zero-order valence-electron chi connectivity index (χ0n) is 12.9. The molecule has 0 atom stereocenters. The van der Waals surface area contributed by atoms with Crippen LogP contribution in [0.1, 0.15) is 25.7 Å². The number of thioether (sulfide) groups is 1. The van der Waals surface area contributed by atoms with Crippen LogP contribution in [0, 0.1) is 0 Å². The van der Waals surface area contributed by atoms with E-state index >= 15 is 0 Å². The molecule has 9 heteroatoms. The summed E-state index contributed by atoms with van der Waals surface area (Å²) in [5.41, 5.74) is 0.687. The molecule has 0 unspecified atom stereocenters. The number of fused-ring (bicyclic) bond motifs is 1. The fraction of sp³-hybridized carbons (Fsp3) is 0.429. The van der Waals surface area contributed by atoms with E-state index in [9.17, 15) is 4.79 Å². The Morgan fingerprint density at radius 3 is 3.04 bits per heavy atom. The molecule has 1 amide bonds. The minimum absolute atomic E-state index is 0.0857. The summed E-state index contributed by atoms with van der Waals surface area (Å²) in [5.74, 6) is 2.92. The van der Waals surface area contributed by atoms with E-state index in [1.807, 2.05) is 13.8 Å². The molecule has 1 aliphatic rings. The molecular formula is C14H17N5O3S. The summed E-state index contributed by atoms with van der Waals surface area (Å²) in [6, 6.07) is 5.52.